The van der Waals surface area contributed by atoms with Crippen LogP contribution in [0.1, 0.15) is 19.5 Å². The normalized spacial score (nSPS) is 11.2. The van der Waals surface area contributed by atoms with Crippen LogP contribution in [0.2, 0.25) is 0 Å². The van der Waals surface area contributed by atoms with E-state index in [9.17, 15) is 0 Å². The van der Waals surface area contributed by atoms with Crippen LogP contribution in [0.15, 0.2) is 30.3 Å². The molecular weight excluding hydrogens is 234 g/mol. The van der Waals surface area contributed by atoms with Crippen LogP contribution >= 0.6 is 0 Å². The Kier molecular flexibility index (Phi) is 4.38. The quantitative estimate of drug-likeness (QED) is 0.892. The molecule has 1 heterocycles. The molecule has 19 heavy (non-hydrogen) atoms. The zero-order valence-corrected chi connectivity index (χ0v) is 12.3. The van der Waals surface area contributed by atoms with E-state index in [-0.39, 0.29) is 0 Å². The minimum absolute atomic E-state index is 0.643. The number of fused-ring (bicyclic) bond motifs is 1. The molecule has 0 aliphatic rings. The lowest BCUT2D eigenvalue weighted by Crippen LogP contribution is -2.23. The van der Waals surface area contributed by atoms with Gasteiger partial charge in [0.1, 0.15) is 0 Å². The van der Waals surface area contributed by atoms with Crippen molar-refractivity contribution < 1.29 is 0 Å². The summed E-state index contributed by atoms with van der Waals surface area (Å²) in [7, 11) is 4.11. The molecule has 0 unspecified atom stereocenters. The van der Waals surface area contributed by atoms with Crippen LogP contribution in [-0.4, -0.2) is 25.6 Å². The van der Waals surface area contributed by atoms with Crippen molar-refractivity contribution in [2.45, 2.75) is 20.4 Å². The monoisotopic (exact) mass is 257 g/mol. The lowest BCUT2D eigenvalue weighted by molar-refractivity contribution is 0.639. The van der Waals surface area contributed by atoms with Crippen molar-refractivity contribution in [3.63, 3.8) is 0 Å². The predicted octanol–water partition coefficient (Wildman–Crippen LogP) is 3.05. The molecule has 1 aromatic heterocycles. The molecule has 3 nitrogen and oxygen atoms in total. The van der Waals surface area contributed by atoms with E-state index in [1.54, 1.807) is 0 Å². The van der Waals surface area contributed by atoms with Crippen LogP contribution < -0.4 is 10.2 Å². The first-order chi connectivity index (χ1) is 9.11. The lowest BCUT2D eigenvalue weighted by Gasteiger charge is -2.23. The highest BCUT2D eigenvalue weighted by Gasteiger charge is 2.10. The molecule has 0 spiro atoms. The SMILES string of the molecule is CNCc1cc(N(C)CC(C)C)c2ccccc2n1. The number of para-hydroxylation sites is 1. The van der Waals surface area contributed by atoms with E-state index in [0.717, 1.165) is 24.3 Å². The summed E-state index contributed by atoms with van der Waals surface area (Å²) in [4.78, 5) is 7.03. The van der Waals surface area contributed by atoms with Gasteiger partial charge in [0, 0.05) is 31.2 Å². The highest BCUT2D eigenvalue weighted by Crippen LogP contribution is 2.26. The summed E-state index contributed by atoms with van der Waals surface area (Å²) in [6.07, 6.45) is 0. The van der Waals surface area contributed by atoms with Crippen LogP contribution in [0.3, 0.4) is 0 Å². The van der Waals surface area contributed by atoms with E-state index in [1.807, 2.05) is 13.1 Å². The summed E-state index contributed by atoms with van der Waals surface area (Å²) in [6.45, 7) is 6.34. The van der Waals surface area contributed by atoms with Gasteiger partial charge in [0.05, 0.1) is 11.2 Å². The Balaban J connectivity index is 2.49. The molecular formula is C16H23N3. The van der Waals surface area contributed by atoms with Crippen molar-refractivity contribution in [1.29, 1.82) is 0 Å². The standard InChI is InChI=1S/C16H23N3/c1-12(2)11-19(4)16-9-13(10-17-3)18-15-8-6-5-7-14(15)16/h5-9,12,17H,10-11H2,1-4H3. The van der Waals surface area contributed by atoms with Gasteiger partial charge in [-0.25, -0.2) is 0 Å². The van der Waals surface area contributed by atoms with Crippen LogP contribution in [0.5, 0.6) is 0 Å². The Labute approximate surface area is 115 Å². The van der Waals surface area contributed by atoms with E-state index >= 15 is 0 Å². The predicted molar refractivity (Wildman–Crippen MR) is 82.6 cm³/mol. The number of nitrogens with zero attached hydrogens (tertiary/aromatic N) is 2. The van der Waals surface area contributed by atoms with Gasteiger partial charge in [0.25, 0.3) is 0 Å². The van der Waals surface area contributed by atoms with Crippen LogP contribution in [-0.2, 0) is 6.54 Å². The maximum absolute atomic E-state index is 4.70. The number of rotatable bonds is 5. The van der Waals surface area contributed by atoms with Gasteiger partial charge in [-0.05, 0) is 25.1 Å². The molecule has 2 aromatic rings. The van der Waals surface area contributed by atoms with Crippen molar-refractivity contribution in [2.75, 3.05) is 25.5 Å². The Bertz CT molecular complexity index is 549. The summed E-state index contributed by atoms with van der Waals surface area (Å²) in [5.74, 6) is 0.643. The zero-order valence-electron chi connectivity index (χ0n) is 12.3. The number of hydrogen-bond donors (Lipinski definition) is 1. The van der Waals surface area contributed by atoms with E-state index < -0.39 is 0 Å². The molecule has 1 aromatic carbocycles. The second-order valence-electron chi connectivity index (χ2n) is 5.45. The highest BCUT2D eigenvalue weighted by molar-refractivity contribution is 5.91. The maximum atomic E-state index is 4.70. The molecule has 0 atom stereocenters. The van der Waals surface area contributed by atoms with Gasteiger partial charge >= 0.3 is 0 Å². The molecule has 0 saturated carbocycles. The fraction of sp³-hybridized carbons (Fsp3) is 0.438. The highest BCUT2D eigenvalue weighted by atomic mass is 15.1. The topological polar surface area (TPSA) is 28.2 Å². The van der Waals surface area contributed by atoms with Gasteiger partial charge < -0.3 is 10.2 Å². The van der Waals surface area contributed by atoms with Crippen molar-refractivity contribution in [1.82, 2.24) is 10.3 Å². The fourth-order valence-corrected chi connectivity index (χ4v) is 2.44. The van der Waals surface area contributed by atoms with Crippen molar-refractivity contribution >= 4 is 16.6 Å². The molecule has 0 bridgehead atoms. The van der Waals surface area contributed by atoms with Crippen molar-refractivity contribution in [2.24, 2.45) is 5.92 Å². The second kappa shape index (κ2) is 6.02. The van der Waals surface area contributed by atoms with E-state index in [1.165, 1.54) is 11.1 Å². The van der Waals surface area contributed by atoms with Crippen LogP contribution in [0, 0.1) is 5.92 Å². The molecule has 0 aliphatic carbocycles. The third-order valence-electron chi connectivity index (χ3n) is 3.16. The van der Waals surface area contributed by atoms with Gasteiger partial charge in [0.2, 0.25) is 0 Å². The van der Waals surface area contributed by atoms with E-state index in [0.29, 0.717) is 5.92 Å². The fourth-order valence-electron chi connectivity index (χ4n) is 2.44. The molecule has 3 heteroatoms. The minimum Gasteiger partial charge on any atom is -0.374 e. The van der Waals surface area contributed by atoms with Gasteiger partial charge in [-0.1, -0.05) is 32.0 Å². The molecule has 0 radical (unpaired) electrons. The average molecular weight is 257 g/mol. The first-order valence-corrected chi connectivity index (χ1v) is 6.86. The van der Waals surface area contributed by atoms with Gasteiger partial charge in [-0.2, -0.15) is 0 Å². The molecule has 0 amide bonds. The van der Waals surface area contributed by atoms with Gasteiger partial charge in [-0.15, -0.1) is 0 Å². The Morgan fingerprint density at radius 1 is 1.26 bits per heavy atom. The summed E-state index contributed by atoms with van der Waals surface area (Å²) in [5.41, 5.74) is 3.43. The van der Waals surface area contributed by atoms with E-state index in [2.05, 4.69) is 55.4 Å². The third kappa shape index (κ3) is 3.24. The summed E-state index contributed by atoms with van der Waals surface area (Å²) in [5, 5.41) is 4.40. The van der Waals surface area contributed by atoms with Crippen molar-refractivity contribution in [3.05, 3.63) is 36.0 Å². The molecule has 0 saturated heterocycles. The number of nitrogens with one attached hydrogen (secondary N) is 1. The van der Waals surface area contributed by atoms with E-state index in [4.69, 9.17) is 4.98 Å². The molecule has 102 valence electrons. The van der Waals surface area contributed by atoms with Crippen LogP contribution in [0.25, 0.3) is 10.9 Å². The number of benzene rings is 1. The molecule has 0 fully saturated rings. The van der Waals surface area contributed by atoms with Gasteiger partial charge in [-0.3, -0.25) is 4.98 Å². The summed E-state index contributed by atoms with van der Waals surface area (Å²) >= 11 is 0. The van der Waals surface area contributed by atoms with Crippen LogP contribution in [0.4, 0.5) is 5.69 Å². The lowest BCUT2D eigenvalue weighted by atomic mass is 10.1. The average Bonchev–Trinajstić information content (AvgIpc) is 2.37. The minimum atomic E-state index is 0.643. The summed E-state index contributed by atoms with van der Waals surface area (Å²) < 4.78 is 0. The Morgan fingerprint density at radius 3 is 2.68 bits per heavy atom. The molecule has 1 N–H and O–H groups in total. The number of anilines is 1. The molecule has 0 aliphatic heterocycles. The Hall–Kier alpha value is -1.61. The summed E-state index contributed by atoms with van der Waals surface area (Å²) in [6, 6.07) is 10.6. The number of hydrogen-bond acceptors (Lipinski definition) is 3. The zero-order chi connectivity index (χ0) is 13.8. The Morgan fingerprint density at radius 2 is 2.00 bits per heavy atom. The second-order valence-corrected chi connectivity index (χ2v) is 5.45. The smallest absolute Gasteiger partial charge is 0.0726 e. The third-order valence-corrected chi connectivity index (χ3v) is 3.16. The number of pyridine rings is 1. The first-order valence-electron chi connectivity index (χ1n) is 6.86. The van der Waals surface area contributed by atoms with Gasteiger partial charge in [0.15, 0.2) is 0 Å². The largest absolute Gasteiger partial charge is 0.374 e. The first kappa shape index (κ1) is 13.8. The van der Waals surface area contributed by atoms with Crippen molar-refractivity contribution in [3.8, 4) is 0 Å². The maximum Gasteiger partial charge on any atom is 0.0726 e. The molecule has 2 rings (SSSR count). The number of aromatic nitrogens is 1.